The van der Waals surface area contributed by atoms with Gasteiger partial charge >= 0.3 is 0 Å². The van der Waals surface area contributed by atoms with Crippen LogP contribution in [0.4, 0.5) is 5.69 Å². The lowest BCUT2D eigenvalue weighted by atomic mass is 10.1. The maximum Gasteiger partial charge on any atom is 0.259 e. The SMILES string of the molecule is CCNC(=O)C1Cc2ccccc2N1C(=O)c1cc(OCC)c(OCC)c(OCC)c1. The van der Waals surface area contributed by atoms with E-state index in [4.69, 9.17) is 14.2 Å². The molecule has 2 aromatic rings. The molecule has 0 aromatic heterocycles. The Bertz CT molecular complexity index is 916. The Labute approximate surface area is 183 Å². The molecule has 7 nitrogen and oxygen atoms in total. The van der Waals surface area contributed by atoms with E-state index in [0.29, 0.717) is 55.6 Å². The molecule has 0 saturated heterocycles. The number of benzene rings is 2. The minimum atomic E-state index is -0.609. The first-order valence-electron chi connectivity index (χ1n) is 10.8. The summed E-state index contributed by atoms with van der Waals surface area (Å²) in [6.45, 7) is 9.24. The van der Waals surface area contributed by atoms with Crippen LogP contribution in [0.2, 0.25) is 0 Å². The summed E-state index contributed by atoms with van der Waals surface area (Å²) in [7, 11) is 0. The van der Waals surface area contributed by atoms with Crippen molar-refractivity contribution in [2.75, 3.05) is 31.3 Å². The molecule has 1 aliphatic rings. The van der Waals surface area contributed by atoms with Gasteiger partial charge in [0.15, 0.2) is 11.5 Å². The van der Waals surface area contributed by atoms with Crippen LogP contribution in [0.3, 0.4) is 0 Å². The van der Waals surface area contributed by atoms with E-state index in [2.05, 4.69) is 5.32 Å². The van der Waals surface area contributed by atoms with Gasteiger partial charge in [0.1, 0.15) is 6.04 Å². The number of carbonyl (C=O) groups excluding carboxylic acids is 2. The summed E-state index contributed by atoms with van der Waals surface area (Å²) < 4.78 is 17.3. The van der Waals surface area contributed by atoms with Crippen LogP contribution in [0, 0.1) is 0 Å². The minimum Gasteiger partial charge on any atom is -0.490 e. The van der Waals surface area contributed by atoms with Gasteiger partial charge in [0.05, 0.1) is 19.8 Å². The number of carbonyl (C=O) groups is 2. The third-order valence-corrected chi connectivity index (χ3v) is 5.00. The molecule has 1 N–H and O–H groups in total. The zero-order chi connectivity index (χ0) is 22.4. The molecule has 166 valence electrons. The molecule has 2 aromatic carbocycles. The maximum atomic E-state index is 13.7. The van der Waals surface area contributed by atoms with E-state index >= 15 is 0 Å². The number of nitrogens with zero attached hydrogens (tertiary/aromatic N) is 1. The van der Waals surface area contributed by atoms with Gasteiger partial charge in [-0.05, 0) is 51.5 Å². The average molecular weight is 427 g/mol. The number of hydrogen-bond donors (Lipinski definition) is 1. The maximum absolute atomic E-state index is 13.7. The van der Waals surface area contributed by atoms with Crippen LogP contribution >= 0.6 is 0 Å². The number of fused-ring (bicyclic) bond motifs is 1. The summed E-state index contributed by atoms with van der Waals surface area (Å²) >= 11 is 0. The van der Waals surface area contributed by atoms with Crippen LogP contribution in [0.1, 0.15) is 43.6 Å². The molecule has 31 heavy (non-hydrogen) atoms. The number of nitrogens with one attached hydrogen (secondary N) is 1. The van der Waals surface area contributed by atoms with E-state index in [9.17, 15) is 9.59 Å². The molecule has 1 heterocycles. The van der Waals surface area contributed by atoms with Crippen LogP contribution in [-0.2, 0) is 11.2 Å². The monoisotopic (exact) mass is 426 g/mol. The van der Waals surface area contributed by atoms with E-state index < -0.39 is 6.04 Å². The van der Waals surface area contributed by atoms with Crippen molar-refractivity contribution < 1.29 is 23.8 Å². The standard InChI is InChI=1S/C24H30N2O5/c1-5-25-23(27)19-13-16-11-9-10-12-18(16)26(19)24(28)17-14-20(29-6-2)22(31-8-4)21(15-17)30-7-3/h9-12,14-15,19H,5-8,13H2,1-4H3,(H,25,27). The third-order valence-electron chi connectivity index (χ3n) is 5.00. The van der Waals surface area contributed by atoms with Gasteiger partial charge < -0.3 is 19.5 Å². The molecule has 2 amide bonds. The number of rotatable bonds is 9. The first kappa shape index (κ1) is 22.5. The van der Waals surface area contributed by atoms with E-state index in [0.717, 1.165) is 11.3 Å². The quantitative estimate of drug-likeness (QED) is 0.663. The molecular weight excluding hydrogens is 396 g/mol. The molecular formula is C24H30N2O5. The summed E-state index contributed by atoms with van der Waals surface area (Å²) in [6.07, 6.45) is 0.474. The lowest BCUT2D eigenvalue weighted by molar-refractivity contribution is -0.122. The second-order valence-electron chi connectivity index (χ2n) is 7.02. The topological polar surface area (TPSA) is 77.1 Å². The molecule has 1 aliphatic heterocycles. The summed E-state index contributed by atoms with van der Waals surface area (Å²) in [5.74, 6) is 0.908. The number of likely N-dealkylation sites (N-methyl/N-ethyl adjacent to an activating group) is 1. The van der Waals surface area contributed by atoms with Gasteiger partial charge in [-0.1, -0.05) is 18.2 Å². The molecule has 7 heteroatoms. The summed E-state index contributed by atoms with van der Waals surface area (Å²) in [5.41, 5.74) is 2.09. The molecule has 0 saturated carbocycles. The fraction of sp³-hybridized carbons (Fsp3) is 0.417. The van der Waals surface area contributed by atoms with Crippen molar-refractivity contribution in [2.45, 2.75) is 40.2 Å². The number of ether oxygens (including phenoxy) is 3. The molecule has 0 spiro atoms. The van der Waals surface area contributed by atoms with Crippen LogP contribution < -0.4 is 24.4 Å². The number of anilines is 1. The Morgan fingerprint density at radius 1 is 0.968 bits per heavy atom. The molecule has 1 unspecified atom stereocenters. The van der Waals surface area contributed by atoms with Gasteiger partial charge in [0, 0.05) is 24.2 Å². The van der Waals surface area contributed by atoms with Crippen LogP contribution in [0.5, 0.6) is 17.2 Å². The lowest BCUT2D eigenvalue weighted by Gasteiger charge is -2.25. The summed E-state index contributed by atoms with van der Waals surface area (Å²) in [5, 5.41) is 2.85. The zero-order valence-corrected chi connectivity index (χ0v) is 18.6. The molecule has 0 radical (unpaired) electrons. The lowest BCUT2D eigenvalue weighted by Crippen LogP contribution is -2.48. The highest BCUT2D eigenvalue weighted by Crippen LogP contribution is 2.41. The summed E-state index contributed by atoms with van der Waals surface area (Å²) in [4.78, 5) is 28.0. The van der Waals surface area contributed by atoms with Crippen LogP contribution in [-0.4, -0.2) is 44.2 Å². The Kier molecular flexibility index (Phi) is 7.39. The van der Waals surface area contributed by atoms with E-state index in [1.165, 1.54) is 0 Å². The second-order valence-corrected chi connectivity index (χ2v) is 7.02. The van der Waals surface area contributed by atoms with Crippen LogP contribution in [0.25, 0.3) is 0 Å². The molecule has 3 rings (SSSR count). The Morgan fingerprint density at radius 2 is 1.58 bits per heavy atom. The first-order chi connectivity index (χ1) is 15.0. The van der Waals surface area contributed by atoms with E-state index in [-0.39, 0.29) is 11.8 Å². The van der Waals surface area contributed by atoms with E-state index in [1.807, 2.05) is 52.0 Å². The molecule has 0 bridgehead atoms. The third kappa shape index (κ3) is 4.60. The van der Waals surface area contributed by atoms with Crippen molar-refractivity contribution in [3.8, 4) is 17.2 Å². The Hall–Kier alpha value is -3.22. The van der Waals surface area contributed by atoms with Crippen LogP contribution in [0.15, 0.2) is 36.4 Å². The van der Waals surface area contributed by atoms with E-state index in [1.54, 1.807) is 17.0 Å². The van der Waals surface area contributed by atoms with Gasteiger partial charge in [-0.2, -0.15) is 0 Å². The smallest absolute Gasteiger partial charge is 0.259 e. The Balaban J connectivity index is 2.07. The predicted molar refractivity (Wildman–Crippen MR) is 119 cm³/mol. The number of amides is 2. The fourth-order valence-corrected chi connectivity index (χ4v) is 3.79. The van der Waals surface area contributed by atoms with Gasteiger partial charge in [-0.25, -0.2) is 0 Å². The Morgan fingerprint density at radius 3 is 2.16 bits per heavy atom. The van der Waals surface area contributed by atoms with Crippen molar-refractivity contribution in [2.24, 2.45) is 0 Å². The van der Waals surface area contributed by atoms with Crippen molar-refractivity contribution in [1.29, 1.82) is 0 Å². The van der Waals surface area contributed by atoms with Crippen molar-refractivity contribution in [1.82, 2.24) is 5.32 Å². The molecule has 0 aliphatic carbocycles. The zero-order valence-electron chi connectivity index (χ0n) is 18.6. The normalized spacial score (nSPS) is 14.7. The van der Waals surface area contributed by atoms with Gasteiger partial charge in [0.2, 0.25) is 11.7 Å². The van der Waals surface area contributed by atoms with Crippen molar-refractivity contribution in [3.05, 3.63) is 47.5 Å². The van der Waals surface area contributed by atoms with Gasteiger partial charge in [-0.3, -0.25) is 14.5 Å². The number of para-hydroxylation sites is 1. The molecule has 0 fully saturated rings. The highest BCUT2D eigenvalue weighted by molar-refractivity contribution is 6.12. The fourth-order valence-electron chi connectivity index (χ4n) is 3.79. The molecule has 1 atom stereocenters. The summed E-state index contributed by atoms with van der Waals surface area (Å²) in [6, 6.07) is 10.3. The van der Waals surface area contributed by atoms with Gasteiger partial charge in [0.25, 0.3) is 5.91 Å². The van der Waals surface area contributed by atoms with Crippen molar-refractivity contribution >= 4 is 17.5 Å². The average Bonchev–Trinajstić information content (AvgIpc) is 3.15. The first-order valence-corrected chi connectivity index (χ1v) is 10.8. The number of hydrogen-bond acceptors (Lipinski definition) is 5. The highest BCUT2D eigenvalue weighted by Gasteiger charge is 2.39. The largest absolute Gasteiger partial charge is 0.490 e. The second kappa shape index (κ2) is 10.2. The van der Waals surface area contributed by atoms with Gasteiger partial charge in [-0.15, -0.1) is 0 Å². The minimum absolute atomic E-state index is 0.173. The van der Waals surface area contributed by atoms with Crippen molar-refractivity contribution in [3.63, 3.8) is 0 Å². The predicted octanol–water partition coefficient (Wildman–Crippen LogP) is 3.59. The highest BCUT2D eigenvalue weighted by atomic mass is 16.5.